The van der Waals surface area contributed by atoms with Crippen molar-refractivity contribution < 1.29 is 9.53 Å². The molecule has 0 spiro atoms. The Balaban J connectivity index is 1.18. The fourth-order valence-electron chi connectivity index (χ4n) is 5.97. The summed E-state index contributed by atoms with van der Waals surface area (Å²) in [5.74, 6) is 1.88. The summed E-state index contributed by atoms with van der Waals surface area (Å²) < 4.78 is 5.36. The zero-order valence-corrected chi connectivity index (χ0v) is 21.5. The van der Waals surface area contributed by atoms with Crippen LogP contribution < -0.4 is 10.1 Å². The van der Waals surface area contributed by atoms with Crippen molar-refractivity contribution in [2.45, 2.75) is 38.0 Å². The van der Waals surface area contributed by atoms with Crippen molar-refractivity contribution in [2.24, 2.45) is 5.92 Å². The Hall–Kier alpha value is -2.83. The molecule has 192 valence electrons. The molecule has 2 heterocycles. The number of carbonyl (C=O) groups excluding carboxylic acids is 1. The molecule has 1 unspecified atom stereocenters. The third-order valence-corrected chi connectivity index (χ3v) is 8.09. The highest BCUT2D eigenvalue weighted by Gasteiger charge is 2.24. The highest BCUT2D eigenvalue weighted by Crippen LogP contribution is 2.31. The predicted molar refractivity (Wildman–Crippen MR) is 146 cm³/mol. The second kappa shape index (κ2) is 11.9. The number of aromatic amines is 1. The Morgan fingerprint density at radius 2 is 1.72 bits per heavy atom. The number of fused-ring (bicyclic) bond motifs is 1. The van der Waals surface area contributed by atoms with Gasteiger partial charge in [-0.3, -0.25) is 9.69 Å². The Kier molecular flexibility index (Phi) is 8.24. The Labute approximate surface area is 215 Å². The van der Waals surface area contributed by atoms with E-state index in [1.54, 1.807) is 7.11 Å². The van der Waals surface area contributed by atoms with Gasteiger partial charge in [0.15, 0.2) is 0 Å². The SMILES string of the molecule is COc1ccc(C(CNC(=O)CN2CCN(CC3CCCCC3)CC2)c2c[nH]c3ccccc23)cc1. The third-order valence-electron chi connectivity index (χ3n) is 8.09. The van der Waals surface area contributed by atoms with E-state index in [2.05, 4.69) is 56.6 Å². The molecule has 1 amide bonds. The Morgan fingerprint density at radius 3 is 2.47 bits per heavy atom. The first-order valence-corrected chi connectivity index (χ1v) is 13.6. The van der Waals surface area contributed by atoms with Crippen LogP contribution in [0.15, 0.2) is 54.7 Å². The van der Waals surface area contributed by atoms with E-state index in [1.165, 1.54) is 49.6 Å². The molecule has 2 aliphatic rings. The van der Waals surface area contributed by atoms with Gasteiger partial charge in [-0.2, -0.15) is 0 Å². The van der Waals surface area contributed by atoms with E-state index in [0.717, 1.165) is 48.9 Å². The van der Waals surface area contributed by atoms with Crippen LogP contribution in [0.3, 0.4) is 0 Å². The van der Waals surface area contributed by atoms with Crippen molar-refractivity contribution in [1.82, 2.24) is 20.1 Å². The van der Waals surface area contributed by atoms with Crippen molar-refractivity contribution in [2.75, 3.05) is 52.9 Å². The molecule has 1 saturated carbocycles. The first kappa shape index (κ1) is 24.8. The van der Waals surface area contributed by atoms with Gasteiger partial charge >= 0.3 is 0 Å². The lowest BCUT2D eigenvalue weighted by Gasteiger charge is -2.37. The lowest BCUT2D eigenvalue weighted by atomic mass is 9.89. The highest BCUT2D eigenvalue weighted by atomic mass is 16.5. The molecule has 2 N–H and O–H groups in total. The number of benzene rings is 2. The number of H-pyrrole nitrogens is 1. The zero-order valence-electron chi connectivity index (χ0n) is 21.5. The van der Waals surface area contributed by atoms with Gasteiger partial charge in [0.05, 0.1) is 13.7 Å². The summed E-state index contributed by atoms with van der Waals surface area (Å²) >= 11 is 0. The molecule has 0 radical (unpaired) electrons. The molecule has 1 aliphatic heterocycles. The fourth-order valence-corrected chi connectivity index (χ4v) is 5.97. The number of carbonyl (C=O) groups is 1. The molecule has 6 heteroatoms. The van der Waals surface area contributed by atoms with E-state index in [4.69, 9.17) is 4.74 Å². The molecule has 1 aromatic heterocycles. The number of piperazine rings is 1. The van der Waals surface area contributed by atoms with E-state index in [0.29, 0.717) is 13.1 Å². The molecular weight excluding hydrogens is 448 g/mol. The molecule has 6 nitrogen and oxygen atoms in total. The molecule has 1 saturated heterocycles. The topological polar surface area (TPSA) is 60.6 Å². The van der Waals surface area contributed by atoms with E-state index in [9.17, 15) is 4.79 Å². The fraction of sp³-hybridized carbons (Fsp3) is 0.500. The minimum absolute atomic E-state index is 0.0587. The molecule has 36 heavy (non-hydrogen) atoms. The van der Waals surface area contributed by atoms with Gasteiger partial charge in [0.1, 0.15) is 5.75 Å². The van der Waals surface area contributed by atoms with Gasteiger partial charge < -0.3 is 19.9 Å². The lowest BCUT2D eigenvalue weighted by Crippen LogP contribution is -2.50. The van der Waals surface area contributed by atoms with Gasteiger partial charge in [-0.05, 0) is 48.1 Å². The number of hydrogen-bond donors (Lipinski definition) is 2. The monoisotopic (exact) mass is 488 g/mol. The van der Waals surface area contributed by atoms with Crippen LogP contribution in [0.4, 0.5) is 0 Å². The molecule has 2 aromatic carbocycles. The quantitative estimate of drug-likeness (QED) is 0.461. The van der Waals surface area contributed by atoms with Gasteiger partial charge in [0.2, 0.25) is 5.91 Å². The largest absolute Gasteiger partial charge is 0.497 e. The highest BCUT2D eigenvalue weighted by molar-refractivity contribution is 5.84. The van der Waals surface area contributed by atoms with Crippen molar-refractivity contribution in [1.29, 1.82) is 0 Å². The molecule has 5 rings (SSSR count). The maximum absolute atomic E-state index is 13.0. The smallest absolute Gasteiger partial charge is 0.234 e. The molecule has 1 aliphatic carbocycles. The van der Waals surface area contributed by atoms with Crippen LogP contribution in [0.5, 0.6) is 5.75 Å². The van der Waals surface area contributed by atoms with Gasteiger partial charge in [0, 0.05) is 62.3 Å². The van der Waals surface area contributed by atoms with Crippen LogP contribution in [0.25, 0.3) is 10.9 Å². The maximum Gasteiger partial charge on any atom is 0.234 e. The van der Waals surface area contributed by atoms with E-state index < -0.39 is 0 Å². The summed E-state index contributed by atoms with van der Waals surface area (Å²) in [6.07, 6.45) is 9.10. The van der Waals surface area contributed by atoms with Crippen molar-refractivity contribution in [3.8, 4) is 5.75 Å². The summed E-state index contributed by atoms with van der Waals surface area (Å²) in [5, 5.41) is 4.44. The molecule has 0 bridgehead atoms. The summed E-state index contributed by atoms with van der Waals surface area (Å²) in [7, 11) is 1.68. The van der Waals surface area contributed by atoms with E-state index in [-0.39, 0.29) is 11.8 Å². The van der Waals surface area contributed by atoms with Gasteiger partial charge in [-0.1, -0.05) is 49.6 Å². The number of nitrogens with zero attached hydrogens (tertiary/aromatic N) is 2. The number of para-hydroxylation sites is 1. The van der Waals surface area contributed by atoms with Gasteiger partial charge in [-0.25, -0.2) is 0 Å². The number of amides is 1. The summed E-state index contributed by atoms with van der Waals surface area (Å²) in [6.45, 7) is 6.39. The first-order valence-electron chi connectivity index (χ1n) is 13.6. The van der Waals surface area contributed by atoms with Crippen molar-refractivity contribution in [3.05, 3.63) is 65.9 Å². The minimum Gasteiger partial charge on any atom is -0.497 e. The second-order valence-electron chi connectivity index (χ2n) is 10.5. The standard InChI is InChI=1S/C30H40N4O2/c1-36-25-13-11-24(12-14-25)27(28-20-31-29-10-6-5-9-26(28)29)19-32-30(35)22-34-17-15-33(16-18-34)21-23-7-3-2-4-8-23/h5-6,9-14,20,23,27,31H,2-4,7-8,15-19,21-22H2,1H3,(H,32,35). The second-order valence-corrected chi connectivity index (χ2v) is 10.5. The van der Waals surface area contributed by atoms with E-state index >= 15 is 0 Å². The molecular formula is C30H40N4O2. The number of aromatic nitrogens is 1. The predicted octanol–water partition coefficient (Wildman–Crippen LogP) is 4.62. The zero-order chi connectivity index (χ0) is 24.7. The third kappa shape index (κ3) is 6.11. The number of hydrogen-bond acceptors (Lipinski definition) is 4. The number of rotatable bonds is 9. The summed E-state index contributed by atoms with van der Waals surface area (Å²) in [5.41, 5.74) is 3.48. The summed E-state index contributed by atoms with van der Waals surface area (Å²) in [6, 6.07) is 16.5. The molecule has 3 aromatic rings. The van der Waals surface area contributed by atoms with Gasteiger partial charge in [-0.15, -0.1) is 0 Å². The summed E-state index contributed by atoms with van der Waals surface area (Å²) in [4.78, 5) is 21.3. The van der Waals surface area contributed by atoms with Crippen LogP contribution in [0.2, 0.25) is 0 Å². The van der Waals surface area contributed by atoms with Crippen molar-refractivity contribution in [3.63, 3.8) is 0 Å². The normalized spacial score (nSPS) is 18.8. The van der Waals surface area contributed by atoms with Crippen LogP contribution in [-0.2, 0) is 4.79 Å². The Morgan fingerprint density at radius 1 is 1.00 bits per heavy atom. The van der Waals surface area contributed by atoms with Crippen LogP contribution in [0.1, 0.15) is 49.1 Å². The minimum atomic E-state index is 0.0587. The number of nitrogens with one attached hydrogen (secondary N) is 2. The molecule has 2 fully saturated rings. The number of methoxy groups -OCH3 is 1. The average molecular weight is 489 g/mol. The molecule has 1 atom stereocenters. The maximum atomic E-state index is 13.0. The van der Waals surface area contributed by atoms with E-state index in [1.807, 2.05) is 18.2 Å². The average Bonchev–Trinajstić information content (AvgIpc) is 3.35. The van der Waals surface area contributed by atoms with Crippen LogP contribution in [0, 0.1) is 5.92 Å². The number of ether oxygens (including phenoxy) is 1. The van der Waals surface area contributed by atoms with Gasteiger partial charge in [0.25, 0.3) is 0 Å². The van der Waals surface area contributed by atoms with Crippen molar-refractivity contribution >= 4 is 16.8 Å². The van der Waals surface area contributed by atoms with Crippen LogP contribution >= 0.6 is 0 Å². The lowest BCUT2D eigenvalue weighted by molar-refractivity contribution is -0.122. The Bertz CT molecular complexity index is 1110. The first-order chi connectivity index (χ1) is 17.7. The van der Waals surface area contributed by atoms with Crippen LogP contribution in [-0.4, -0.2) is 73.6 Å².